The number of aryl methyl sites for hydroxylation is 1. The van der Waals surface area contributed by atoms with E-state index in [0.717, 1.165) is 40.6 Å². The highest BCUT2D eigenvalue weighted by molar-refractivity contribution is 6.06. The van der Waals surface area contributed by atoms with E-state index < -0.39 is 0 Å². The minimum atomic E-state index is 0.476. The first-order chi connectivity index (χ1) is 12.2. The van der Waals surface area contributed by atoms with Gasteiger partial charge in [-0.05, 0) is 26.8 Å². The Morgan fingerprint density at radius 3 is 2.44 bits per heavy atom. The standard InChI is InChI=1S/C15H18N4O.C2H4O.C2H6/c1-3-19-12(9-20-4-2)18-13-14(19)10-7-5-6-8-11(10)17-15(13)16;1-2-3;1-2/h5-8H,3-4,9H2,1-2H3,(H2,16,17);2H,1H3;1-2H3. The third kappa shape index (κ3) is 4.54. The minimum Gasteiger partial charge on any atom is -0.382 e. The van der Waals surface area contributed by atoms with Gasteiger partial charge in [-0.3, -0.25) is 0 Å². The minimum absolute atomic E-state index is 0.476. The van der Waals surface area contributed by atoms with Gasteiger partial charge in [0.1, 0.15) is 24.2 Å². The summed E-state index contributed by atoms with van der Waals surface area (Å²) in [5.41, 5.74) is 8.77. The highest BCUT2D eigenvalue weighted by Gasteiger charge is 2.15. The Balaban J connectivity index is 0.000000567. The third-order valence-electron chi connectivity index (χ3n) is 3.44. The number of aromatic nitrogens is 3. The van der Waals surface area contributed by atoms with Crippen molar-refractivity contribution in [2.75, 3.05) is 12.3 Å². The zero-order valence-electron chi connectivity index (χ0n) is 15.7. The second-order valence-electron chi connectivity index (χ2n) is 4.86. The van der Waals surface area contributed by atoms with Crippen LogP contribution in [0.4, 0.5) is 5.82 Å². The summed E-state index contributed by atoms with van der Waals surface area (Å²) in [6, 6.07) is 8.01. The topological polar surface area (TPSA) is 83.0 Å². The first-order valence-electron chi connectivity index (χ1n) is 8.68. The molecular weight excluding hydrogens is 316 g/mol. The lowest BCUT2D eigenvalue weighted by Gasteiger charge is -2.08. The normalized spacial score (nSPS) is 9.96. The Labute approximate surface area is 149 Å². The van der Waals surface area contributed by atoms with Gasteiger partial charge in [-0.2, -0.15) is 0 Å². The van der Waals surface area contributed by atoms with Gasteiger partial charge >= 0.3 is 0 Å². The number of hydrogen-bond donors (Lipinski definition) is 1. The van der Waals surface area contributed by atoms with Crippen LogP contribution in [0, 0.1) is 0 Å². The van der Waals surface area contributed by atoms with Crippen molar-refractivity contribution in [2.24, 2.45) is 0 Å². The number of nitrogens with two attached hydrogens (primary N) is 1. The van der Waals surface area contributed by atoms with Gasteiger partial charge in [0.05, 0.1) is 11.0 Å². The van der Waals surface area contributed by atoms with Crippen molar-refractivity contribution in [1.82, 2.24) is 14.5 Å². The molecule has 1 aromatic carbocycles. The summed E-state index contributed by atoms with van der Waals surface area (Å²) >= 11 is 0. The summed E-state index contributed by atoms with van der Waals surface area (Å²) in [4.78, 5) is 17.9. The average molecular weight is 344 g/mol. The maximum Gasteiger partial charge on any atom is 0.152 e. The fourth-order valence-corrected chi connectivity index (χ4v) is 2.55. The molecule has 0 fully saturated rings. The summed E-state index contributed by atoms with van der Waals surface area (Å²) in [6.07, 6.45) is 0.750. The number of hydrogen-bond acceptors (Lipinski definition) is 5. The molecular formula is C19H28N4O2. The largest absolute Gasteiger partial charge is 0.382 e. The van der Waals surface area contributed by atoms with Gasteiger partial charge in [0.15, 0.2) is 5.82 Å². The highest BCUT2D eigenvalue weighted by atomic mass is 16.5. The summed E-state index contributed by atoms with van der Waals surface area (Å²) in [5, 5.41) is 1.08. The number of aldehydes is 1. The smallest absolute Gasteiger partial charge is 0.152 e. The van der Waals surface area contributed by atoms with E-state index in [9.17, 15) is 0 Å². The molecule has 25 heavy (non-hydrogen) atoms. The maximum atomic E-state index is 8.81. The lowest BCUT2D eigenvalue weighted by atomic mass is 10.2. The Kier molecular flexibility index (Phi) is 8.56. The van der Waals surface area contributed by atoms with Crippen molar-refractivity contribution >= 4 is 34.0 Å². The zero-order valence-corrected chi connectivity index (χ0v) is 15.7. The number of rotatable bonds is 4. The van der Waals surface area contributed by atoms with Crippen LogP contribution < -0.4 is 5.73 Å². The number of carbonyl (C=O) groups excluding carboxylic acids is 1. The Hall–Kier alpha value is -2.47. The van der Waals surface area contributed by atoms with Crippen LogP contribution in [0.5, 0.6) is 0 Å². The molecule has 6 nitrogen and oxygen atoms in total. The van der Waals surface area contributed by atoms with Crippen molar-refractivity contribution in [3.63, 3.8) is 0 Å². The van der Waals surface area contributed by atoms with Crippen LogP contribution in [-0.4, -0.2) is 27.4 Å². The van der Waals surface area contributed by atoms with E-state index >= 15 is 0 Å². The average Bonchev–Trinajstić information content (AvgIpc) is 3.02. The van der Waals surface area contributed by atoms with Crippen molar-refractivity contribution in [2.45, 2.75) is 47.8 Å². The first kappa shape index (κ1) is 20.6. The number of benzene rings is 1. The molecule has 0 unspecified atom stereocenters. The van der Waals surface area contributed by atoms with E-state index in [0.29, 0.717) is 19.0 Å². The van der Waals surface area contributed by atoms with Gasteiger partial charge in [-0.25, -0.2) is 9.97 Å². The van der Waals surface area contributed by atoms with Gasteiger partial charge < -0.3 is 19.8 Å². The maximum absolute atomic E-state index is 8.81. The number of carbonyl (C=O) groups is 1. The number of ether oxygens (including phenoxy) is 1. The molecule has 0 atom stereocenters. The Morgan fingerprint density at radius 2 is 1.84 bits per heavy atom. The molecule has 0 saturated heterocycles. The van der Waals surface area contributed by atoms with E-state index in [1.807, 2.05) is 39.0 Å². The quantitative estimate of drug-likeness (QED) is 0.724. The number of nitrogens with zero attached hydrogens (tertiary/aromatic N) is 3. The molecule has 2 aromatic heterocycles. The third-order valence-corrected chi connectivity index (χ3v) is 3.44. The van der Waals surface area contributed by atoms with Gasteiger partial charge in [0, 0.05) is 18.5 Å². The molecule has 0 amide bonds. The molecule has 0 saturated carbocycles. The molecule has 2 N–H and O–H groups in total. The van der Waals surface area contributed by atoms with E-state index in [1.165, 1.54) is 6.92 Å². The molecule has 2 heterocycles. The molecule has 6 heteroatoms. The van der Waals surface area contributed by atoms with Gasteiger partial charge in [0.2, 0.25) is 0 Å². The molecule has 3 rings (SSSR count). The fourth-order valence-electron chi connectivity index (χ4n) is 2.55. The number of anilines is 1. The predicted molar refractivity (Wildman–Crippen MR) is 104 cm³/mol. The monoisotopic (exact) mass is 344 g/mol. The van der Waals surface area contributed by atoms with Crippen molar-refractivity contribution in [3.8, 4) is 0 Å². The van der Waals surface area contributed by atoms with E-state index in [1.54, 1.807) is 0 Å². The summed E-state index contributed by atoms with van der Waals surface area (Å²) < 4.78 is 7.66. The lowest BCUT2D eigenvalue weighted by molar-refractivity contribution is -0.106. The molecule has 0 aliphatic heterocycles. The van der Waals surface area contributed by atoms with Crippen molar-refractivity contribution < 1.29 is 9.53 Å². The second kappa shape index (κ2) is 10.4. The van der Waals surface area contributed by atoms with E-state index in [-0.39, 0.29) is 0 Å². The predicted octanol–water partition coefficient (Wildman–Crippen LogP) is 3.95. The van der Waals surface area contributed by atoms with Gasteiger partial charge in [0.25, 0.3) is 0 Å². The second-order valence-corrected chi connectivity index (χ2v) is 4.86. The molecule has 0 bridgehead atoms. The Morgan fingerprint density at radius 1 is 1.20 bits per heavy atom. The number of nitrogen functional groups attached to an aromatic ring is 1. The number of para-hydroxylation sites is 1. The summed E-state index contributed by atoms with van der Waals surface area (Å²) in [6.45, 7) is 11.5. The van der Waals surface area contributed by atoms with Crippen LogP contribution in [0.2, 0.25) is 0 Å². The molecule has 0 aliphatic rings. The number of fused-ring (bicyclic) bond motifs is 3. The Bertz CT molecular complexity index is 812. The molecule has 0 spiro atoms. The zero-order chi connectivity index (χ0) is 18.8. The lowest BCUT2D eigenvalue weighted by Crippen LogP contribution is -2.04. The fraction of sp³-hybridized carbons (Fsp3) is 0.421. The van der Waals surface area contributed by atoms with Gasteiger partial charge in [-0.15, -0.1) is 0 Å². The molecule has 0 aliphatic carbocycles. The van der Waals surface area contributed by atoms with E-state index in [4.69, 9.17) is 15.3 Å². The van der Waals surface area contributed by atoms with Gasteiger partial charge in [-0.1, -0.05) is 32.0 Å². The van der Waals surface area contributed by atoms with Crippen LogP contribution in [-0.2, 0) is 22.7 Å². The number of imidazole rings is 1. The van der Waals surface area contributed by atoms with Crippen molar-refractivity contribution in [1.29, 1.82) is 0 Å². The van der Waals surface area contributed by atoms with Crippen LogP contribution >= 0.6 is 0 Å². The summed E-state index contributed by atoms with van der Waals surface area (Å²) in [7, 11) is 0. The highest BCUT2D eigenvalue weighted by Crippen LogP contribution is 2.28. The van der Waals surface area contributed by atoms with Crippen LogP contribution in [0.1, 0.15) is 40.4 Å². The first-order valence-corrected chi connectivity index (χ1v) is 8.68. The molecule has 0 radical (unpaired) electrons. The SMILES string of the molecule is CC.CC=O.CCOCc1nc2c(N)nc3ccccc3c2n1CC. The molecule has 136 valence electrons. The van der Waals surface area contributed by atoms with Crippen LogP contribution in [0.3, 0.4) is 0 Å². The summed E-state index contributed by atoms with van der Waals surface area (Å²) in [5.74, 6) is 1.37. The molecule has 3 aromatic rings. The number of pyridine rings is 1. The van der Waals surface area contributed by atoms with Crippen LogP contribution in [0.25, 0.3) is 21.9 Å². The van der Waals surface area contributed by atoms with Crippen molar-refractivity contribution in [3.05, 3.63) is 30.1 Å². The van der Waals surface area contributed by atoms with E-state index in [2.05, 4.69) is 27.5 Å². The van der Waals surface area contributed by atoms with Crippen LogP contribution in [0.15, 0.2) is 24.3 Å².